The highest BCUT2D eigenvalue weighted by molar-refractivity contribution is 6.12. The van der Waals surface area contributed by atoms with Crippen LogP contribution in [0.2, 0.25) is 0 Å². The molecule has 2 N–H and O–H groups in total. The summed E-state index contributed by atoms with van der Waals surface area (Å²) in [5.74, 6) is 0.491. The molecule has 27 heavy (non-hydrogen) atoms. The average molecular weight is 361 g/mol. The normalized spacial score (nSPS) is 10.1. The van der Waals surface area contributed by atoms with E-state index in [9.17, 15) is 9.59 Å². The van der Waals surface area contributed by atoms with Gasteiger partial charge >= 0.3 is 0 Å². The Balaban J connectivity index is 1.79. The second-order valence-corrected chi connectivity index (χ2v) is 5.85. The first-order valence-corrected chi connectivity index (χ1v) is 8.36. The van der Waals surface area contributed by atoms with Crippen LogP contribution in [0.1, 0.15) is 26.3 Å². The van der Waals surface area contributed by atoms with E-state index in [0.717, 1.165) is 5.56 Å². The van der Waals surface area contributed by atoms with Crippen molar-refractivity contribution in [3.05, 3.63) is 83.6 Å². The zero-order chi connectivity index (χ0) is 19.2. The predicted octanol–water partition coefficient (Wildman–Crippen LogP) is 3.90. The summed E-state index contributed by atoms with van der Waals surface area (Å²) in [6.45, 7) is 1.86. The number of carbonyl (C=O) groups is 2. The second-order valence-electron chi connectivity index (χ2n) is 5.85. The summed E-state index contributed by atoms with van der Waals surface area (Å²) in [5, 5.41) is 5.56. The molecule has 0 saturated heterocycles. The maximum atomic E-state index is 12.7. The molecule has 0 radical (unpaired) electrons. The first kappa shape index (κ1) is 18.1. The molecule has 0 aliphatic carbocycles. The number of hydrogen-bond acceptors (Lipinski definition) is 4. The Morgan fingerprint density at radius 1 is 0.889 bits per heavy atom. The summed E-state index contributed by atoms with van der Waals surface area (Å²) < 4.78 is 5.09. The van der Waals surface area contributed by atoms with E-state index in [1.165, 1.54) is 0 Å². The minimum atomic E-state index is -0.345. The van der Waals surface area contributed by atoms with Gasteiger partial charge in [0.1, 0.15) is 11.6 Å². The number of benzene rings is 2. The van der Waals surface area contributed by atoms with Crippen molar-refractivity contribution in [3.63, 3.8) is 0 Å². The smallest absolute Gasteiger partial charge is 0.258 e. The van der Waals surface area contributed by atoms with Gasteiger partial charge in [0.2, 0.25) is 0 Å². The summed E-state index contributed by atoms with van der Waals surface area (Å²) in [5.41, 5.74) is 2.09. The van der Waals surface area contributed by atoms with Crippen LogP contribution in [-0.2, 0) is 0 Å². The van der Waals surface area contributed by atoms with Gasteiger partial charge in [-0.3, -0.25) is 9.59 Å². The van der Waals surface area contributed by atoms with E-state index < -0.39 is 0 Å². The van der Waals surface area contributed by atoms with Crippen molar-refractivity contribution in [2.75, 3.05) is 17.7 Å². The lowest BCUT2D eigenvalue weighted by molar-refractivity contribution is 0.102. The summed E-state index contributed by atoms with van der Waals surface area (Å²) in [6, 6.07) is 17.2. The van der Waals surface area contributed by atoms with Crippen molar-refractivity contribution >= 4 is 23.3 Å². The Labute approximate surface area is 157 Å². The highest BCUT2D eigenvalue weighted by Gasteiger charge is 2.15. The van der Waals surface area contributed by atoms with Gasteiger partial charge in [0.05, 0.1) is 18.4 Å². The summed E-state index contributed by atoms with van der Waals surface area (Å²) in [7, 11) is 1.56. The molecule has 0 spiro atoms. The number of pyridine rings is 1. The van der Waals surface area contributed by atoms with Crippen molar-refractivity contribution in [2.45, 2.75) is 6.92 Å². The van der Waals surface area contributed by atoms with Gasteiger partial charge in [-0.25, -0.2) is 4.98 Å². The number of nitrogens with zero attached hydrogens (tertiary/aromatic N) is 1. The van der Waals surface area contributed by atoms with Crippen molar-refractivity contribution in [2.24, 2.45) is 0 Å². The molecule has 0 aliphatic rings. The number of ether oxygens (including phenoxy) is 1. The van der Waals surface area contributed by atoms with Crippen LogP contribution in [0.5, 0.6) is 5.75 Å². The van der Waals surface area contributed by atoms with E-state index >= 15 is 0 Å². The number of aryl methyl sites for hydroxylation is 1. The first-order valence-electron chi connectivity index (χ1n) is 8.36. The quantitative estimate of drug-likeness (QED) is 0.722. The molecule has 3 rings (SSSR count). The van der Waals surface area contributed by atoms with Gasteiger partial charge in [0.15, 0.2) is 0 Å². The van der Waals surface area contributed by atoms with Crippen molar-refractivity contribution in [3.8, 4) is 5.75 Å². The molecule has 2 amide bonds. The van der Waals surface area contributed by atoms with E-state index in [2.05, 4.69) is 15.6 Å². The van der Waals surface area contributed by atoms with E-state index in [-0.39, 0.29) is 11.8 Å². The molecule has 6 heteroatoms. The standard InChI is InChI=1S/C21H19N3O3/c1-14-6-5-13-22-19(14)24-21(26)17-7-3-4-8-18(17)23-20(25)15-9-11-16(27-2)12-10-15/h3-13H,1-2H3,(H,23,25)(H,22,24,26). The topological polar surface area (TPSA) is 80.3 Å². The molecule has 3 aromatic rings. The molecular weight excluding hydrogens is 342 g/mol. The molecule has 6 nitrogen and oxygen atoms in total. The summed E-state index contributed by atoms with van der Waals surface area (Å²) in [6.07, 6.45) is 1.61. The molecular formula is C21H19N3O3. The van der Waals surface area contributed by atoms with Crippen LogP contribution in [0, 0.1) is 6.92 Å². The molecule has 0 atom stereocenters. The number of carbonyl (C=O) groups excluding carboxylic acids is 2. The van der Waals surface area contributed by atoms with Gasteiger partial charge < -0.3 is 15.4 Å². The second kappa shape index (κ2) is 8.14. The van der Waals surface area contributed by atoms with E-state index in [4.69, 9.17) is 4.74 Å². The van der Waals surface area contributed by atoms with Gasteiger partial charge in [0.25, 0.3) is 11.8 Å². The Morgan fingerprint density at radius 2 is 1.63 bits per heavy atom. The van der Waals surface area contributed by atoms with Crippen LogP contribution in [0.25, 0.3) is 0 Å². The number of amides is 2. The molecule has 0 saturated carbocycles. The third-order valence-electron chi connectivity index (χ3n) is 4.01. The maximum absolute atomic E-state index is 12.7. The van der Waals surface area contributed by atoms with Crippen molar-refractivity contribution in [1.29, 1.82) is 0 Å². The molecule has 0 aliphatic heterocycles. The van der Waals surface area contributed by atoms with Crippen LogP contribution in [0.15, 0.2) is 66.9 Å². The first-order chi connectivity index (χ1) is 13.1. The number of nitrogens with one attached hydrogen (secondary N) is 2. The molecule has 0 fully saturated rings. The van der Waals surface area contributed by atoms with Gasteiger partial charge in [-0.2, -0.15) is 0 Å². The molecule has 1 aromatic heterocycles. The maximum Gasteiger partial charge on any atom is 0.258 e. The van der Waals surface area contributed by atoms with Crippen LogP contribution in [0.4, 0.5) is 11.5 Å². The van der Waals surface area contributed by atoms with Crippen LogP contribution >= 0.6 is 0 Å². The third kappa shape index (κ3) is 4.30. The molecule has 136 valence electrons. The third-order valence-corrected chi connectivity index (χ3v) is 4.01. The number of methoxy groups -OCH3 is 1. The fourth-order valence-corrected chi connectivity index (χ4v) is 2.52. The number of hydrogen-bond donors (Lipinski definition) is 2. The highest BCUT2D eigenvalue weighted by atomic mass is 16.5. The van der Waals surface area contributed by atoms with Gasteiger partial charge in [-0.15, -0.1) is 0 Å². The minimum absolute atomic E-state index is 0.313. The monoisotopic (exact) mass is 361 g/mol. The summed E-state index contributed by atoms with van der Waals surface area (Å²) in [4.78, 5) is 29.3. The summed E-state index contributed by atoms with van der Waals surface area (Å²) >= 11 is 0. The average Bonchev–Trinajstić information content (AvgIpc) is 2.70. The van der Waals surface area contributed by atoms with Crippen molar-refractivity contribution < 1.29 is 14.3 Å². The Morgan fingerprint density at radius 3 is 2.33 bits per heavy atom. The Bertz CT molecular complexity index is 968. The van der Waals surface area contributed by atoms with E-state index in [1.54, 1.807) is 67.9 Å². The SMILES string of the molecule is COc1ccc(C(=O)Nc2ccccc2C(=O)Nc2ncccc2C)cc1. The van der Waals surface area contributed by atoms with Gasteiger partial charge in [-0.1, -0.05) is 18.2 Å². The van der Waals surface area contributed by atoms with Crippen LogP contribution in [0.3, 0.4) is 0 Å². The number of aromatic nitrogens is 1. The van der Waals surface area contributed by atoms with Gasteiger partial charge in [0, 0.05) is 11.8 Å². The zero-order valence-electron chi connectivity index (χ0n) is 15.0. The van der Waals surface area contributed by atoms with Crippen molar-refractivity contribution in [1.82, 2.24) is 4.98 Å². The number of rotatable bonds is 5. The molecule has 1 heterocycles. The minimum Gasteiger partial charge on any atom is -0.497 e. The van der Waals surface area contributed by atoms with E-state index in [0.29, 0.717) is 28.4 Å². The molecule has 2 aromatic carbocycles. The largest absolute Gasteiger partial charge is 0.497 e. The Kier molecular flexibility index (Phi) is 5.47. The number of para-hydroxylation sites is 1. The lowest BCUT2D eigenvalue weighted by atomic mass is 10.1. The fourth-order valence-electron chi connectivity index (χ4n) is 2.52. The predicted molar refractivity (Wildman–Crippen MR) is 104 cm³/mol. The van der Waals surface area contributed by atoms with Crippen LogP contribution < -0.4 is 15.4 Å². The zero-order valence-corrected chi connectivity index (χ0v) is 15.0. The molecule has 0 bridgehead atoms. The lowest BCUT2D eigenvalue weighted by Crippen LogP contribution is -2.19. The number of anilines is 2. The van der Waals surface area contributed by atoms with Crippen LogP contribution in [-0.4, -0.2) is 23.9 Å². The Hall–Kier alpha value is -3.67. The fraction of sp³-hybridized carbons (Fsp3) is 0.0952. The van der Waals surface area contributed by atoms with E-state index in [1.807, 2.05) is 13.0 Å². The molecule has 0 unspecified atom stereocenters. The van der Waals surface area contributed by atoms with Gasteiger partial charge in [-0.05, 0) is 55.0 Å². The lowest BCUT2D eigenvalue weighted by Gasteiger charge is -2.12. The highest BCUT2D eigenvalue weighted by Crippen LogP contribution is 2.19.